The summed E-state index contributed by atoms with van der Waals surface area (Å²) < 4.78 is 0. The predicted molar refractivity (Wildman–Crippen MR) is 27.5 cm³/mol. The molecule has 0 fully saturated rings. The van der Waals surface area contributed by atoms with Gasteiger partial charge in [-0.25, -0.2) is 0 Å². The van der Waals surface area contributed by atoms with Gasteiger partial charge in [0.2, 0.25) is 0 Å². The first-order chi connectivity index (χ1) is 0. The number of rotatable bonds is 0. The molecule has 0 aromatic carbocycles. The van der Waals surface area contributed by atoms with Crippen molar-refractivity contribution in [3.8, 4) is 0 Å². The largest absolute Gasteiger partial charge is 0 e. The van der Waals surface area contributed by atoms with Crippen molar-refractivity contribution >= 4 is 60.5 Å². The Hall–Kier alpha value is 2.54. The molecule has 0 saturated carbocycles. The molecule has 0 N–H and O–H groups in total. The van der Waals surface area contributed by atoms with Crippen LogP contribution in [-0.2, 0) is 19.5 Å². The monoisotopic (exact) mass is 246 g/mol. The van der Waals surface area contributed by atoms with E-state index in [1.54, 1.807) is 0 Å². The first-order valence-electron chi connectivity index (χ1n) is 0. The standard InChI is InChI=1S/Mg.H2S.Sn.Zn.4H/h;1H2;;;;;;. The fourth-order valence-electron chi connectivity index (χ4n) is 0. The molecular formula is H6MgSSnZn. The van der Waals surface area contributed by atoms with Crippen LogP contribution in [0, 0.1) is 0 Å². The fourth-order valence-corrected chi connectivity index (χ4v) is 0. The van der Waals surface area contributed by atoms with Crippen molar-refractivity contribution in [2.75, 3.05) is 0 Å². The van der Waals surface area contributed by atoms with Crippen molar-refractivity contribution in [3.63, 3.8) is 0 Å². The minimum Gasteiger partial charge on any atom is 0 e. The quantitative estimate of drug-likeness (QED) is 0.446. The summed E-state index contributed by atoms with van der Waals surface area (Å²) in [5.41, 5.74) is 0. The molecule has 2 radical (unpaired) electrons. The molecule has 4 heteroatoms. The third kappa shape index (κ3) is 8.82. The van der Waals surface area contributed by atoms with E-state index in [0.717, 1.165) is 0 Å². The van der Waals surface area contributed by atoms with Crippen LogP contribution < -0.4 is 0 Å². The van der Waals surface area contributed by atoms with Crippen LogP contribution >= 0.6 is 13.5 Å². The maximum atomic E-state index is 0. The summed E-state index contributed by atoms with van der Waals surface area (Å²) in [6.07, 6.45) is 0. The molecule has 0 aliphatic rings. The van der Waals surface area contributed by atoms with Crippen molar-refractivity contribution in [2.24, 2.45) is 0 Å². The smallest absolute Gasteiger partial charge is 0 e. The van der Waals surface area contributed by atoms with Crippen LogP contribution in [0.5, 0.6) is 0 Å². The maximum absolute atomic E-state index is 0. The van der Waals surface area contributed by atoms with Gasteiger partial charge in [-0.15, -0.1) is 0 Å². The fraction of sp³-hybridized carbons (Fsp3) is 0. The van der Waals surface area contributed by atoms with Gasteiger partial charge in [0.05, 0.1) is 0 Å². The molecule has 0 unspecified atom stereocenters. The topological polar surface area (TPSA) is 0 Å². The Balaban J connectivity index is 0. The van der Waals surface area contributed by atoms with Gasteiger partial charge in [0.1, 0.15) is 0 Å². The van der Waals surface area contributed by atoms with E-state index in [0.29, 0.717) is 0 Å². The Morgan fingerprint density at radius 3 is 1.00 bits per heavy atom. The predicted octanol–water partition coefficient (Wildman–Crippen LogP) is -1.72. The Kier molecular flexibility index (Phi) is 138. The second-order valence-electron chi connectivity index (χ2n) is 0. The van der Waals surface area contributed by atoms with E-state index in [-0.39, 0.29) is 79.9 Å². The Morgan fingerprint density at radius 1 is 1.00 bits per heavy atom. The molecule has 20 valence electrons. The van der Waals surface area contributed by atoms with Gasteiger partial charge in [0.25, 0.3) is 0 Å². The Bertz CT molecular complexity index is 8.00. The van der Waals surface area contributed by atoms with Crippen molar-refractivity contribution in [2.45, 2.75) is 0 Å². The Labute approximate surface area is 78.8 Å². The van der Waals surface area contributed by atoms with Gasteiger partial charge in [-0.05, 0) is 0 Å². The molecule has 0 heterocycles. The molecule has 0 bridgehead atoms. The van der Waals surface area contributed by atoms with Crippen LogP contribution in [0.1, 0.15) is 0 Å². The minimum absolute atomic E-state index is 0. The van der Waals surface area contributed by atoms with E-state index in [1.807, 2.05) is 0 Å². The minimum atomic E-state index is 0. The molecule has 0 spiro atoms. The molecule has 0 aliphatic heterocycles. The summed E-state index contributed by atoms with van der Waals surface area (Å²) in [5.74, 6) is 0. The van der Waals surface area contributed by atoms with E-state index in [4.69, 9.17) is 0 Å². The third-order valence-electron chi connectivity index (χ3n) is 0. The molecule has 0 rings (SSSR count). The van der Waals surface area contributed by atoms with Crippen molar-refractivity contribution in [1.29, 1.82) is 0 Å². The molecule has 4 heavy (non-hydrogen) atoms. The third-order valence-corrected chi connectivity index (χ3v) is 0. The van der Waals surface area contributed by atoms with Gasteiger partial charge in [0.15, 0.2) is 0 Å². The zero-order valence-electron chi connectivity index (χ0n) is 1.91. The van der Waals surface area contributed by atoms with Gasteiger partial charge in [0, 0.05) is 19.5 Å². The number of hydrogen-bond acceptors (Lipinski definition) is 0. The van der Waals surface area contributed by atoms with Gasteiger partial charge in [-0.2, -0.15) is 13.5 Å². The molecule has 0 aromatic rings. The van der Waals surface area contributed by atoms with Crippen LogP contribution in [0.25, 0.3) is 0 Å². The Morgan fingerprint density at radius 2 is 1.00 bits per heavy atom. The molecule has 0 aliphatic carbocycles. The van der Waals surface area contributed by atoms with Gasteiger partial charge >= 0.3 is 47.0 Å². The molecule has 0 atom stereocenters. The first-order valence-corrected chi connectivity index (χ1v) is 0. The van der Waals surface area contributed by atoms with E-state index >= 15 is 0 Å². The summed E-state index contributed by atoms with van der Waals surface area (Å²) in [6, 6.07) is 0. The van der Waals surface area contributed by atoms with E-state index in [1.165, 1.54) is 0 Å². The van der Waals surface area contributed by atoms with Crippen molar-refractivity contribution in [1.82, 2.24) is 0 Å². The summed E-state index contributed by atoms with van der Waals surface area (Å²) in [4.78, 5) is 0. The molecule has 0 aromatic heterocycles. The molecule has 0 amide bonds. The molecular weight excluding hydrogens is 240 g/mol. The molecule has 0 saturated heterocycles. The molecule has 0 nitrogen and oxygen atoms in total. The van der Waals surface area contributed by atoms with E-state index in [9.17, 15) is 0 Å². The van der Waals surface area contributed by atoms with Gasteiger partial charge in [-0.3, -0.25) is 0 Å². The van der Waals surface area contributed by atoms with Crippen molar-refractivity contribution in [3.05, 3.63) is 0 Å². The summed E-state index contributed by atoms with van der Waals surface area (Å²) >= 11 is 0. The normalized spacial score (nSPS) is 0. The maximum Gasteiger partial charge on any atom is 0 e. The zero-order chi connectivity index (χ0) is 0. The van der Waals surface area contributed by atoms with E-state index in [2.05, 4.69) is 0 Å². The first kappa shape index (κ1) is 31.1. The second-order valence-corrected chi connectivity index (χ2v) is 0. The summed E-state index contributed by atoms with van der Waals surface area (Å²) in [5, 5.41) is 0. The van der Waals surface area contributed by atoms with Crippen LogP contribution in [0.15, 0.2) is 0 Å². The van der Waals surface area contributed by atoms with Crippen LogP contribution in [0.2, 0.25) is 0 Å². The summed E-state index contributed by atoms with van der Waals surface area (Å²) in [6.45, 7) is 0. The van der Waals surface area contributed by atoms with E-state index < -0.39 is 0 Å². The summed E-state index contributed by atoms with van der Waals surface area (Å²) in [7, 11) is 0. The average molecular weight is 247 g/mol. The van der Waals surface area contributed by atoms with Crippen LogP contribution in [0.4, 0.5) is 0 Å². The van der Waals surface area contributed by atoms with Gasteiger partial charge in [-0.1, -0.05) is 0 Å². The van der Waals surface area contributed by atoms with Crippen LogP contribution in [0.3, 0.4) is 0 Å². The average Bonchev–Trinajstić information content (AvgIpc) is 0. The van der Waals surface area contributed by atoms with Crippen molar-refractivity contribution < 1.29 is 19.5 Å². The number of hydrogen-bond donors (Lipinski definition) is 0. The van der Waals surface area contributed by atoms with Gasteiger partial charge < -0.3 is 0 Å². The SMILES string of the molecule is S.[MgH2].[SnH2].[Zn]. The van der Waals surface area contributed by atoms with Crippen LogP contribution in [-0.4, -0.2) is 47.0 Å². The second kappa shape index (κ2) is 17.7. The zero-order valence-corrected chi connectivity index (χ0v) is 9.92.